The quantitative estimate of drug-likeness (QED) is 0.565. The van der Waals surface area contributed by atoms with Gasteiger partial charge >= 0.3 is 5.97 Å². The van der Waals surface area contributed by atoms with Crippen LogP contribution >= 0.6 is 0 Å². The molecule has 0 aliphatic rings. The predicted octanol–water partition coefficient (Wildman–Crippen LogP) is 3.61. The number of aromatic nitrogens is 4. The minimum absolute atomic E-state index is 0.233. The zero-order valence-electron chi connectivity index (χ0n) is 14.6. The number of aromatic carboxylic acids is 1. The van der Waals surface area contributed by atoms with E-state index in [2.05, 4.69) is 20.4 Å². The van der Waals surface area contributed by atoms with Gasteiger partial charge in [-0.05, 0) is 37.3 Å². The third kappa shape index (κ3) is 3.22. The number of nitrogens with one attached hydrogen (secondary N) is 1. The highest BCUT2D eigenvalue weighted by Crippen LogP contribution is 2.23. The van der Waals surface area contributed by atoms with Gasteiger partial charge in [-0.1, -0.05) is 12.1 Å². The van der Waals surface area contributed by atoms with Gasteiger partial charge in [0.1, 0.15) is 0 Å². The van der Waals surface area contributed by atoms with Gasteiger partial charge in [-0.25, -0.2) is 14.5 Å². The molecule has 0 saturated heterocycles. The molecule has 7 heteroatoms. The lowest BCUT2D eigenvalue weighted by Gasteiger charge is -2.07. The molecule has 0 spiro atoms. The highest BCUT2D eigenvalue weighted by atomic mass is 16.4. The van der Waals surface area contributed by atoms with E-state index < -0.39 is 5.97 Å². The van der Waals surface area contributed by atoms with Crippen molar-refractivity contribution in [2.75, 3.05) is 11.9 Å². The van der Waals surface area contributed by atoms with Crippen LogP contribution in [0.2, 0.25) is 0 Å². The molecule has 0 amide bonds. The maximum absolute atomic E-state index is 11.0. The van der Waals surface area contributed by atoms with Crippen LogP contribution in [-0.2, 0) is 0 Å². The smallest absolute Gasteiger partial charge is 0.335 e. The first-order valence-electron chi connectivity index (χ1n) is 8.53. The number of carboxylic acids is 1. The van der Waals surface area contributed by atoms with E-state index >= 15 is 0 Å². The van der Waals surface area contributed by atoms with Crippen LogP contribution in [-0.4, -0.2) is 37.4 Å². The monoisotopic (exact) mass is 359 g/mol. The van der Waals surface area contributed by atoms with E-state index in [9.17, 15) is 4.79 Å². The first-order valence-corrected chi connectivity index (χ1v) is 8.53. The van der Waals surface area contributed by atoms with E-state index in [0.29, 0.717) is 11.5 Å². The third-order valence-electron chi connectivity index (χ3n) is 4.22. The molecule has 0 bridgehead atoms. The molecule has 2 N–H and O–H groups in total. The predicted molar refractivity (Wildman–Crippen MR) is 103 cm³/mol. The van der Waals surface area contributed by atoms with Crippen molar-refractivity contribution in [3.05, 3.63) is 66.6 Å². The van der Waals surface area contributed by atoms with Gasteiger partial charge in [-0.15, -0.1) is 0 Å². The van der Waals surface area contributed by atoms with Gasteiger partial charge in [0, 0.05) is 23.2 Å². The van der Waals surface area contributed by atoms with Gasteiger partial charge in [-0.2, -0.15) is 5.10 Å². The second-order valence-electron chi connectivity index (χ2n) is 6.01. The molecule has 2 aromatic heterocycles. The largest absolute Gasteiger partial charge is 0.478 e. The molecule has 134 valence electrons. The number of carboxylic acid groups (broad SMARTS) is 1. The number of benzene rings is 2. The van der Waals surface area contributed by atoms with Crippen molar-refractivity contribution in [2.45, 2.75) is 6.92 Å². The number of hydrogen-bond donors (Lipinski definition) is 2. The Hall–Kier alpha value is -3.74. The summed E-state index contributed by atoms with van der Waals surface area (Å²) in [5.41, 5.74) is 3.62. The summed E-state index contributed by atoms with van der Waals surface area (Å²) in [5.74, 6) is -0.362. The Labute approximate surface area is 155 Å². The Morgan fingerprint density at radius 2 is 1.93 bits per heavy atom. The molecule has 27 heavy (non-hydrogen) atoms. The molecule has 0 aliphatic carbocycles. The normalized spacial score (nSPS) is 10.9. The average molecular weight is 359 g/mol. The van der Waals surface area contributed by atoms with Crippen molar-refractivity contribution in [3.63, 3.8) is 0 Å². The SMILES string of the molecule is CCNc1ccc2cnn(-c3cncc(-c4ccc(C(=O)O)cc4)n3)c2c1. The number of carbonyl (C=O) groups is 1. The van der Waals surface area contributed by atoms with E-state index in [0.717, 1.165) is 28.7 Å². The van der Waals surface area contributed by atoms with E-state index in [1.807, 2.05) is 25.1 Å². The van der Waals surface area contributed by atoms with Crippen molar-refractivity contribution in [2.24, 2.45) is 0 Å². The van der Waals surface area contributed by atoms with Crippen molar-refractivity contribution in [1.29, 1.82) is 0 Å². The van der Waals surface area contributed by atoms with Crippen LogP contribution in [0.3, 0.4) is 0 Å². The van der Waals surface area contributed by atoms with Crippen molar-refractivity contribution in [3.8, 4) is 17.1 Å². The van der Waals surface area contributed by atoms with Crippen LogP contribution in [0, 0.1) is 0 Å². The zero-order chi connectivity index (χ0) is 18.8. The summed E-state index contributed by atoms with van der Waals surface area (Å²) in [6.07, 6.45) is 5.09. The van der Waals surface area contributed by atoms with Crippen LogP contribution in [0.5, 0.6) is 0 Å². The van der Waals surface area contributed by atoms with Crippen LogP contribution in [0.1, 0.15) is 17.3 Å². The molecule has 0 radical (unpaired) electrons. The molecule has 4 rings (SSSR count). The fraction of sp³-hybridized carbons (Fsp3) is 0.100. The van der Waals surface area contributed by atoms with Crippen LogP contribution < -0.4 is 5.32 Å². The Bertz CT molecular complexity index is 1120. The van der Waals surface area contributed by atoms with Gasteiger partial charge in [0.2, 0.25) is 0 Å². The van der Waals surface area contributed by atoms with Gasteiger partial charge < -0.3 is 10.4 Å². The lowest BCUT2D eigenvalue weighted by molar-refractivity contribution is 0.0697. The summed E-state index contributed by atoms with van der Waals surface area (Å²) >= 11 is 0. The summed E-state index contributed by atoms with van der Waals surface area (Å²) in [7, 11) is 0. The summed E-state index contributed by atoms with van der Waals surface area (Å²) in [6, 6.07) is 12.6. The fourth-order valence-electron chi connectivity index (χ4n) is 2.90. The zero-order valence-corrected chi connectivity index (χ0v) is 14.6. The Kier molecular flexibility index (Phi) is 4.25. The lowest BCUT2D eigenvalue weighted by atomic mass is 10.1. The highest BCUT2D eigenvalue weighted by molar-refractivity contribution is 5.88. The van der Waals surface area contributed by atoms with E-state index in [1.54, 1.807) is 47.5 Å². The fourth-order valence-corrected chi connectivity index (χ4v) is 2.90. The molecule has 2 heterocycles. The topological polar surface area (TPSA) is 92.9 Å². The third-order valence-corrected chi connectivity index (χ3v) is 4.22. The molecule has 4 aromatic rings. The minimum atomic E-state index is -0.958. The number of nitrogens with zero attached hydrogens (tertiary/aromatic N) is 4. The maximum Gasteiger partial charge on any atom is 0.335 e. The minimum Gasteiger partial charge on any atom is -0.478 e. The summed E-state index contributed by atoms with van der Waals surface area (Å²) in [4.78, 5) is 20.0. The second-order valence-corrected chi connectivity index (χ2v) is 6.01. The van der Waals surface area contributed by atoms with Crippen LogP contribution in [0.25, 0.3) is 28.0 Å². The number of hydrogen-bond acceptors (Lipinski definition) is 5. The molecule has 0 atom stereocenters. The van der Waals surface area contributed by atoms with E-state index in [4.69, 9.17) is 5.11 Å². The summed E-state index contributed by atoms with van der Waals surface area (Å²) in [5, 5.41) is 17.8. The Morgan fingerprint density at radius 1 is 1.11 bits per heavy atom. The molecular weight excluding hydrogens is 342 g/mol. The molecule has 2 aromatic carbocycles. The first kappa shape index (κ1) is 16.7. The molecule has 0 aliphatic heterocycles. The standard InChI is InChI=1S/C20H17N5O2/c1-2-22-16-8-7-15-10-23-25(18(15)9-16)19-12-21-11-17(24-19)13-3-5-14(6-4-13)20(26)27/h3-12,22H,2H2,1H3,(H,26,27). The summed E-state index contributed by atoms with van der Waals surface area (Å²) in [6.45, 7) is 2.88. The highest BCUT2D eigenvalue weighted by Gasteiger charge is 2.10. The van der Waals surface area contributed by atoms with E-state index in [1.165, 1.54) is 0 Å². The first-order chi connectivity index (χ1) is 13.2. The molecule has 0 fully saturated rings. The molecule has 0 unspecified atom stereocenters. The lowest BCUT2D eigenvalue weighted by Crippen LogP contribution is -2.02. The Balaban J connectivity index is 1.75. The van der Waals surface area contributed by atoms with Gasteiger partial charge in [0.25, 0.3) is 0 Å². The van der Waals surface area contributed by atoms with Crippen molar-refractivity contribution in [1.82, 2.24) is 19.7 Å². The van der Waals surface area contributed by atoms with Crippen LogP contribution in [0.4, 0.5) is 5.69 Å². The number of anilines is 1. The summed E-state index contributed by atoms with van der Waals surface area (Å²) < 4.78 is 1.75. The van der Waals surface area contributed by atoms with Gasteiger partial charge in [-0.3, -0.25) is 4.98 Å². The van der Waals surface area contributed by atoms with Gasteiger partial charge in [0.15, 0.2) is 5.82 Å². The molecule has 0 saturated carbocycles. The Morgan fingerprint density at radius 3 is 2.67 bits per heavy atom. The van der Waals surface area contributed by atoms with E-state index in [-0.39, 0.29) is 5.56 Å². The maximum atomic E-state index is 11.0. The average Bonchev–Trinajstić information content (AvgIpc) is 3.12. The second kappa shape index (κ2) is 6.87. The van der Waals surface area contributed by atoms with Crippen molar-refractivity contribution < 1.29 is 9.90 Å². The molecular formula is C20H17N5O2. The molecule has 7 nitrogen and oxygen atoms in total. The van der Waals surface area contributed by atoms with Crippen molar-refractivity contribution >= 4 is 22.6 Å². The number of fused-ring (bicyclic) bond motifs is 1. The van der Waals surface area contributed by atoms with Gasteiger partial charge in [0.05, 0.1) is 35.4 Å². The number of rotatable bonds is 5. The van der Waals surface area contributed by atoms with Crippen LogP contribution in [0.15, 0.2) is 61.1 Å².